The quantitative estimate of drug-likeness (QED) is 0.589. The van der Waals surface area contributed by atoms with Crippen molar-refractivity contribution in [1.29, 1.82) is 0 Å². The zero-order valence-corrected chi connectivity index (χ0v) is 13.8. The van der Waals surface area contributed by atoms with Gasteiger partial charge in [0, 0.05) is 0 Å². The SMILES string of the molecule is Cc1cc(C)c(N2C(=O)[C@@H]3[C@@H](C2=O)[C@@H]2C=C[C@@H]3C23CC3)c(C)c1. The summed E-state index contributed by atoms with van der Waals surface area (Å²) in [6.07, 6.45) is 6.82. The van der Waals surface area contributed by atoms with Crippen LogP contribution in [-0.4, -0.2) is 11.8 Å². The van der Waals surface area contributed by atoms with Gasteiger partial charge in [0.05, 0.1) is 17.5 Å². The second-order valence-electron chi connectivity index (χ2n) is 7.98. The van der Waals surface area contributed by atoms with E-state index in [9.17, 15) is 9.59 Å². The third-order valence-corrected chi connectivity index (χ3v) is 6.71. The van der Waals surface area contributed by atoms with E-state index in [4.69, 9.17) is 0 Å². The molecule has 1 aromatic rings. The summed E-state index contributed by atoms with van der Waals surface area (Å²) in [7, 11) is 0. The molecular weight excluding hydrogens is 286 g/mol. The average Bonchev–Trinajstić information content (AvgIpc) is 3.08. The normalized spacial score (nSPS) is 35.5. The number of imide groups is 1. The topological polar surface area (TPSA) is 37.4 Å². The molecule has 3 heteroatoms. The van der Waals surface area contributed by atoms with Crippen molar-refractivity contribution in [3.63, 3.8) is 0 Å². The van der Waals surface area contributed by atoms with Gasteiger partial charge < -0.3 is 0 Å². The molecule has 0 radical (unpaired) electrons. The molecule has 1 saturated heterocycles. The summed E-state index contributed by atoms with van der Waals surface area (Å²) < 4.78 is 0. The van der Waals surface area contributed by atoms with Crippen LogP contribution in [0.4, 0.5) is 5.69 Å². The highest BCUT2D eigenvalue weighted by Gasteiger charge is 2.73. The second kappa shape index (κ2) is 3.95. The third kappa shape index (κ3) is 1.42. The Labute approximate surface area is 136 Å². The minimum absolute atomic E-state index is 0.0400. The first kappa shape index (κ1) is 13.5. The van der Waals surface area contributed by atoms with Gasteiger partial charge >= 0.3 is 0 Å². The number of hydrogen-bond donors (Lipinski definition) is 0. The number of nitrogens with zero attached hydrogens (tertiary/aromatic N) is 1. The van der Waals surface area contributed by atoms with Crippen molar-refractivity contribution < 1.29 is 9.59 Å². The zero-order valence-electron chi connectivity index (χ0n) is 13.8. The molecule has 2 bridgehead atoms. The Kier molecular flexibility index (Phi) is 2.32. The van der Waals surface area contributed by atoms with E-state index < -0.39 is 0 Å². The highest BCUT2D eigenvalue weighted by Crippen LogP contribution is 2.73. The van der Waals surface area contributed by atoms with Gasteiger partial charge in [0.25, 0.3) is 0 Å². The molecule has 118 valence electrons. The van der Waals surface area contributed by atoms with Crippen molar-refractivity contribution in [3.8, 4) is 0 Å². The van der Waals surface area contributed by atoms with Crippen LogP contribution in [0.1, 0.15) is 29.5 Å². The minimum atomic E-state index is -0.111. The first-order valence-corrected chi connectivity index (χ1v) is 8.60. The predicted molar refractivity (Wildman–Crippen MR) is 87.9 cm³/mol. The van der Waals surface area contributed by atoms with E-state index in [1.807, 2.05) is 20.8 Å². The number of benzene rings is 1. The Morgan fingerprint density at radius 1 is 0.913 bits per heavy atom. The lowest BCUT2D eigenvalue weighted by molar-refractivity contribution is -0.123. The number of allylic oxidation sites excluding steroid dienone is 2. The molecule has 1 heterocycles. The lowest BCUT2D eigenvalue weighted by Gasteiger charge is -2.24. The molecular formula is C20H21NO2. The van der Waals surface area contributed by atoms with Crippen molar-refractivity contribution in [1.82, 2.24) is 0 Å². The molecule has 0 aromatic heterocycles. The maximum absolute atomic E-state index is 13.2. The Balaban J connectivity index is 1.62. The number of fused-ring (bicyclic) bond motifs is 3. The number of aryl methyl sites for hydroxylation is 3. The molecule has 23 heavy (non-hydrogen) atoms. The predicted octanol–water partition coefficient (Wildman–Crippen LogP) is 3.31. The highest BCUT2D eigenvalue weighted by atomic mass is 16.2. The number of carbonyl (C=O) groups excluding carboxylic acids is 2. The third-order valence-electron chi connectivity index (χ3n) is 6.71. The molecule has 5 rings (SSSR count). The maximum Gasteiger partial charge on any atom is 0.238 e. The summed E-state index contributed by atoms with van der Waals surface area (Å²) in [6, 6.07) is 4.12. The molecule has 2 saturated carbocycles. The monoisotopic (exact) mass is 307 g/mol. The summed E-state index contributed by atoms with van der Waals surface area (Å²) in [6.45, 7) is 6.05. The molecule has 0 unspecified atom stereocenters. The van der Waals surface area contributed by atoms with Crippen LogP contribution in [0.5, 0.6) is 0 Å². The highest BCUT2D eigenvalue weighted by molar-refractivity contribution is 6.23. The average molecular weight is 307 g/mol. The largest absolute Gasteiger partial charge is 0.274 e. The Morgan fingerprint density at radius 3 is 1.83 bits per heavy atom. The minimum Gasteiger partial charge on any atom is -0.274 e. The Morgan fingerprint density at radius 2 is 1.39 bits per heavy atom. The van der Waals surface area contributed by atoms with Crippen LogP contribution in [0.2, 0.25) is 0 Å². The molecule has 4 atom stereocenters. The fourth-order valence-electron chi connectivity index (χ4n) is 5.82. The zero-order chi connectivity index (χ0) is 16.1. The standard InChI is InChI=1S/C20H21NO2/c1-10-8-11(2)17(12(3)9-10)21-18(22)15-13-4-5-14(16(15)19(21)23)20(13)6-7-20/h4-5,8-9,13-16H,6-7H2,1-3H3/t13-,14-,15-,16-/m0/s1. The number of rotatable bonds is 1. The molecule has 1 aromatic carbocycles. The number of carbonyl (C=O) groups is 2. The fourth-order valence-corrected chi connectivity index (χ4v) is 5.82. The van der Waals surface area contributed by atoms with E-state index in [-0.39, 0.29) is 29.1 Å². The van der Waals surface area contributed by atoms with E-state index in [2.05, 4.69) is 24.3 Å². The van der Waals surface area contributed by atoms with E-state index in [0.29, 0.717) is 11.8 Å². The smallest absolute Gasteiger partial charge is 0.238 e. The van der Waals surface area contributed by atoms with Crippen LogP contribution < -0.4 is 4.90 Å². The molecule has 1 spiro atoms. The first-order chi connectivity index (χ1) is 11.0. The van der Waals surface area contributed by atoms with Crippen LogP contribution in [0.25, 0.3) is 0 Å². The van der Waals surface area contributed by atoms with Gasteiger partial charge in [-0.3, -0.25) is 9.59 Å². The van der Waals surface area contributed by atoms with Crippen molar-refractivity contribution in [2.45, 2.75) is 33.6 Å². The van der Waals surface area contributed by atoms with Gasteiger partial charge in [-0.25, -0.2) is 4.90 Å². The van der Waals surface area contributed by atoms with Crippen LogP contribution in [0.3, 0.4) is 0 Å². The van der Waals surface area contributed by atoms with E-state index in [0.717, 1.165) is 16.8 Å². The molecule has 3 aliphatic carbocycles. The van der Waals surface area contributed by atoms with Gasteiger partial charge in [0.1, 0.15) is 0 Å². The van der Waals surface area contributed by atoms with Crippen LogP contribution in [-0.2, 0) is 9.59 Å². The number of hydrogen-bond acceptors (Lipinski definition) is 2. The van der Waals surface area contributed by atoms with Crippen molar-refractivity contribution >= 4 is 17.5 Å². The molecule has 2 amide bonds. The van der Waals surface area contributed by atoms with Crippen molar-refractivity contribution in [2.75, 3.05) is 4.90 Å². The molecule has 1 aliphatic heterocycles. The first-order valence-electron chi connectivity index (χ1n) is 8.60. The van der Waals surface area contributed by atoms with Crippen LogP contribution in [0.15, 0.2) is 24.3 Å². The number of anilines is 1. The number of amides is 2. The van der Waals surface area contributed by atoms with Crippen LogP contribution in [0, 0.1) is 49.9 Å². The van der Waals surface area contributed by atoms with Gasteiger partial charge in [-0.2, -0.15) is 0 Å². The van der Waals surface area contributed by atoms with E-state index >= 15 is 0 Å². The van der Waals surface area contributed by atoms with Crippen molar-refractivity contribution in [3.05, 3.63) is 41.0 Å². The van der Waals surface area contributed by atoms with Gasteiger partial charge in [0.2, 0.25) is 11.8 Å². The van der Waals surface area contributed by atoms with E-state index in [1.165, 1.54) is 23.3 Å². The van der Waals surface area contributed by atoms with Gasteiger partial charge in [-0.15, -0.1) is 0 Å². The van der Waals surface area contributed by atoms with Gasteiger partial charge in [0.15, 0.2) is 0 Å². The summed E-state index contributed by atoms with van der Waals surface area (Å²) in [5, 5.41) is 0. The summed E-state index contributed by atoms with van der Waals surface area (Å²) in [5.41, 5.74) is 4.30. The fraction of sp³-hybridized carbons (Fsp3) is 0.500. The summed E-state index contributed by atoms with van der Waals surface area (Å²) >= 11 is 0. The maximum atomic E-state index is 13.2. The van der Waals surface area contributed by atoms with E-state index in [1.54, 1.807) is 0 Å². The van der Waals surface area contributed by atoms with Gasteiger partial charge in [-0.1, -0.05) is 29.8 Å². The molecule has 4 aliphatic rings. The van der Waals surface area contributed by atoms with Crippen LogP contribution >= 0.6 is 0 Å². The molecule has 0 N–H and O–H groups in total. The summed E-state index contributed by atoms with van der Waals surface area (Å²) in [4.78, 5) is 27.8. The van der Waals surface area contributed by atoms with Crippen molar-refractivity contribution in [2.24, 2.45) is 29.1 Å². The Bertz CT molecular complexity index is 745. The Hall–Kier alpha value is -1.90. The lowest BCUT2D eigenvalue weighted by Crippen LogP contribution is -2.35. The van der Waals surface area contributed by atoms with Gasteiger partial charge in [-0.05, 0) is 62.0 Å². The molecule has 3 nitrogen and oxygen atoms in total. The lowest BCUT2D eigenvalue weighted by atomic mass is 9.85. The molecule has 3 fully saturated rings. The second-order valence-corrected chi connectivity index (χ2v) is 7.98. The summed E-state index contributed by atoms with van der Waals surface area (Å²) in [5.74, 6) is 0.451.